The Balaban J connectivity index is 2.85. The van der Waals surface area contributed by atoms with Gasteiger partial charge in [0.25, 0.3) is 0 Å². The zero-order chi connectivity index (χ0) is 24.4. The maximum Gasteiger partial charge on any atom is 0.326 e. The number of carbonyl (C=O) groups excluding carboxylic acids is 3. The highest BCUT2D eigenvalue weighted by molar-refractivity contribution is 5.94. The third kappa shape index (κ3) is 8.69. The minimum atomic E-state index is -1.38. The summed E-state index contributed by atoms with van der Waals surface area (Å²) < 4.78 is 0. The molecule has 178 valence electrons. The largest absolute Gasteiger partial charge is 0.481 e. The van der Waals surface area contributed by atoms with Gasteiger partial charge in [-0.15, -0.1) is 0 Å². The lowest BCUT2D eigenvalue weighted by atomic mass is 10.1. The topological polar surface area (TPSA) is 237 Å². The Hall–Kier alpha value is -3.52. The Labute approximate surface area is 183 Å². The SMILES string of the molecule is CC(NC(=O)C(N)C(C)O)C(=O)NC(CCC(=O)O)C(=O)NC(Cc1cnc[nH]1)C(=O)O. The van der Waals surface area contributed by atoms with Crippen molar-refractivity contribution in [3.8, 4) is 0 Å². The maximum absolute atomic E-state index is 12.6. The molecule has 0 radical (unpaired) electrons. The number of rotatable bonds is 13. The van der Waals surface area contributed by atoms with E-state index in [0.717, 1.165) is 0 Å². The van der Waals surface area contributed by atoms with Gasteiger partial charge in [0.05, 0.1) is 12.4 Å². The van der Waals surface area contributed by atoms with E-state index in [1.807, 2.05) is 0 Å². The number of aliphatic carboxylic acids is 2. The van der Waals surface area contributed by atoms with Gasteiger partial charge in [-0.3, -0.25) is 19.2 Å². The summed E-state index contributed by atoms with van der Waals surface area (Å²) in [4.78, 5) is 65.9. The van der Waals surface area contributed by atoms with Crippen molar-refractivity contribution in [1.82, 2.24) is 25.9 Å². The molecule has 0 bridgehead atoms. The zero-order valence-electron chi connectivity index (χ0n) is 17.6. The molecule has 32 heavy (non-hydrogen) atoms. The lowest BCUT2D eigenvalue weighted by Crippen LogP contribution is -2.57. The zero-order valence-corrected chi connectivity index (χ0v) is 17.6. The number of carboxylic acid groups (broad SMARTS) is 2. The predicted octanol–water partition coefficient (Wildman–Crippen LogP) is -2.92. The number of nitrogens with zero attached hydrogens (tertiary/aromatic N) is 1. The van der Waals surface area contributed by atoms with Crippen LogP contribution < -0.4 is 21.7 Å². The number of imidazole rings is 1. The van der Waals surface area contributed by atoms with Gasteiger partial charge in [-0.25, -0.2) is 9.78 Å². The molecule has 0 fully saturated rings. The number of hydrogen-bond donors (Lipinski definition) is 8. The molecule has 0 aliphatic heterocycles. The number of aliphatic hydroxyl groups excluding tert-OH is 1. The summed E-state index contributed by atoms with van der Waals surface area (Å²) in [6.45, 7) is 2.59. The number of aromatic nitrogens is 2. The van der Waals surface area contributed by atoms with Crippen LogP contribution in [0.1, 0.15) is 32.4 Å². The van der Waals surface area contributed by atoms with E-state index in [2.05, 4.69) is 25.9 Å². The number of nitrogens with one attached hydrogen (secondary N) is 4. The minimum Gasteiger partial charge on any atom is -0.481 e. The number of H-pyrrole nitrogens is 1. The van der Waals surface area contributed by atoms with Crippen LogP contribution in [0.3, 0.4) is 0 Å². The van der Waals surface area contributed by atoms with E-state index in [1.165, 1.54) is 26.4 Å². The van der Waals surface area contributed by atoms with Crippen LogP contribution in [0.25, 0.3) is 0 Å². The number of carboxylic acids is 2. The first-order valence-corrected chi connectivity index (χ1v) is 9.69. The summed E-state index contributed by atoms with van der Waals surface area (Å²) in [5, 5.41) is 34.5. The molecule has 0 aromatic carbocycles. The first-order valence-electron chi connectivity index (χ1n) is 9.69. The van der Waals surface area contributed by atoms with E-state index in [4.69, 9.17) is 10.8 Å². The first-order chi connectivity index (χ1) is 14.9. The minimum absolute atomic E-state index is 0.121. The molecule has 5 unspecified atom stereocenters. The number of nitrogens with two attached hydrogens (primary N) is 1. The molecule has 0 aliphatic rings. The van der Waals surface area contributed by atoms with Crippen LogP contribution in [0.15, 0.2) is 12.5 Å². The van der Waals surface area contributed by atoms with Crippen molar-refractivity contribution < 1.29 is 39.3 Å². The van der Waals surface area contributed by atoms with E-state index in [9.17, 15) is 34.2 Å². The fraction of sp³-hybridized carbons (Fsp3) is 0.556. The van der Waals surface area contributed by atoms with Gasteiger partial charge in [0, 0.05) is 24.7 Å². The van der Waals surface area contributed by atoms with Crippen LogP contribution in [0.5, 0.6) is 0 Å². The molecule has 14 heteroatoms. The molecule has 9 N–H and O–H groups in total. The Bertz CT molecular complexity index is 812. The molecule has 1 rings (SSSR count). The van der Waals surface area contributed by atoms with Crippen LogP contribution in [0, 0.1) is 0 Å². The van der Waals surface area contributed by atoms with Gasteiger partial charge < -0.3 is 42.0 Å². The van der Waals surface area contributed by atoms with Crippen molar-refractivity contribution in [2.24, 2.45) is 5.73 Å². The van der Waals surface area contributed by atoms with Crippen molar-refractivity contribution in [3.63, 3.8) is 0 Å². The summed E-state index contributed by atoms with van der Waals surface area (Å²) in [5.74, 6) is -5.12. The Morgan fingerprint density at radius 1 is 1.03 bits per heavy atom. The Morgan fingerprint density at radius 2 is 1.66 bits per heavy atom. The van der Waals surface area contributed by atoms with E-state index in [0.29, 0.717) is 5.69 Å². The summed E-state index contributed by atoms with van der Waals surface area (Å²) in [7, 11) is 0. The molecule has 14 nitrogen and oxygen atoms in total. The van der Waals surface area contributed by atoms with Crippen molar-refractivity contribution in [2.75, 3.05) is 0 Å². The highest BCUT2D eigenvalue weighted by atomic mass is 16.4. The molecule has 5 atom stereocenters. The summed E-state index contributed by atoms with van der Waals surface area (Å²) in [5.41, 5.74) is 5.93. The van der Waals surface area contributed by atoms with E-state index >= 15 is 0 Å². The molecule has 3 amide bonds. The number of amides is 3. The highest BCUT2D eigenvalue weighted by Gasteiger charge is 2.30. The van der Waals surface area contributed by atoms with Gasteiger partial charge >= 0.3 is 11.9 Å². The first kappa shape index (κ1) is 26.5. The van der Waals surface area contributed by atoms with E-state index < -0.39 is 66.4 Å². The van der Waals surface area contributed by atoms with Crippen molar-refractivity contribution in [3.05, 3.63) is 18.2 Å². The molecule has 1 aromatic heterocycles. The standard InChI is InChI=1S/C18H28N6O8/c1-8(22-17(30)14(19)9(2)25)15(28)23-11(3-4-13(26)27)16(29)24-12(18(31)32)5-10-6-20-7-21-10/h6-9,11-12,14,25H,3-5,19H2,1-2H3,(H,20,21)(H,22,30)(H,23,28)(H,24,29)(H,26,27)(H,31,32). The molecule has 0 saturated heterocycles. The quantitative estimate of drug-likeness (QED) is 0.150. The second-order valence-corrected chi connectivity index (χ2v) is 7.17. The number of aromatic amines is 1. The Kier molecular flexibility index (Phi) is 10.2. The van der Waals surface area contributed by atoms with Crippen LogP contribution >= 0.6 is 0 Å². The molecule has 0 saturated carbocycles. The van der Waals surface area contributed by atoms with E-state index in [1.54, 1.807) is 0 Å². The predicted molar refractivity (Wildman–Crippen MR) is 108 cm³/mol. The van der Waals surface area contributed by atoms with Gasteiger partial charge in [0.15, 0.2) is 0 Å². The lowest BCUT2D eigenvalue weighted by Gasteiger charge is -2.23. The third-order valence-electron chi connectivity index (χ3n) is 4.45. The fourth-order valence-electron chi connectivity index (χ4n) is 2.52. The summed E-state index contributed by atoms with van der Waals surface area (Å²) >= 11 is 0. The number of carbonyl (C=O) groups is 5. The van der Waals surface area contributed by atoms with Crippen molar-refractivity contribution in [1.29, 1.82) is 0 Å². The van der Waals surface area contributed by atoms with Crippen LogP contribution in [0.4, 0.5) is 0 Å². The highest BCUT2D eigenvalue weighted by Crippen LogP contribution is 2.04. The average molecular weight is 456 g/mol. The van der Waals surface area contributed by atoms with Gasteiger partial charge in [0.2, 0.25) is 17.7 Å². The molecular formula is C18H28N6O8. The van der Waals surface area contributed by atoms with Crippen LogP contribution in [-0.2, 0) is 30.4 Å². The van der Waals surface area contributed by atoms with Gasteiger partial charge in [-0.2, -0.15) is 0 Å². The molecular weight excluding hydrogens is 428 g/mol. The maximum atomic E-state index is 12.6. The van der Waals surface area contributed by atoms with Crippen molar-refractivity contribution in [2.45, 2.75) is 63.4 Å². The molecule has 0 spiro atoms. The average Bonchev–Trinajstić information content (AvgIpc) is 3.22. The third-order valence-corrected chi connectivity index (χ3v) is 4.45. The summed E-state index contributed by atoms with van der Waals surface area (Å²) in [6, 6.07) is -5.21. The Morgan fingerprint density at radius 3 is 2.16 bits per heavy atom. The van der Waals surface area contributed by atoms with Gasteiger partial charge in [-0.05, 0) is 20.3 Å². The molecule has 1 heterocycles. The number of hydrogen-bond acceptors (Lipinski definition) is 8. The van der Waals surface area contributed by atoms with Crippen LogP contribution in [-0.4, -0.2) is 85.2 Å². The second-order valence-electron chi connectivity index (χ2n) is 7.17. The molecule has 1 aromatic rings. The summed E-state index contributed by atoms with van der Waals surface area (Å²) in [6.07, 6.45) is 0.632. The van der Waals surface area contributed by atoms with Gasteiger partial charge in [0.1, 0.15) is 24.2 Å². The number of aliphatic hydroxyl groups is 1. The second kappa shape index (κ2) is 12.4. The van der Waals surface area contributed by atoms with Crippen LogP contribution in [0.2, 0.25) is 0 Å². The van der Waals surface area contributed by atoms with Gasteiger partial charge in [-0.1, -0.05) is 0 Å². The van der Waals surface area contributed by atoms with E-state index in [-0.39, 0.29) is 12.8 Å². The normalized spacial score (nSPS) is 15.5. The monoisotopic (exact) mass is 456 g/mol. The molecule has 0 aliphatic carbocycles. The lowest BCUT2D eigenvalue weighted by molar-refractivity contribution is -0.143. The fourth-order valence-corrected chi connectivity index (χ4v) is 2.52. The smallest absolute Gasteiger partial charge is 0.326 e. The van der Waals surface area contributed by atoms with Crippen molar-refractivity contribution >= 4 is 29.7 Å².